The van der Waals surface area contributed by atoms with Gasteiger partial charge in [-0.15, -0.1) is 0 Å². The minimum atomic E-state index is -0.604. The van der Waals surface area contributed by atoms with Crippen molar-refractivity contribution in [3.63, 3.8) is 0 Å². The normalized spacial score (nSPS) is 11.1. The predicted octanol–water partition coefficient (Wildman–Crippen LogP) is 6.22. The molecule has 0 fully saturated rings. The van der Waals surface area contributed by atoms with Crippen LogP contribution in [0.25, 0.3) is 33.2 Å². The Labute approximate surface area is 202 Å². The van der Waals surface area contributed by atoms with Gasteiger partial charge in [-0.25, -0.2) is 14.4 Å². The maximum absolute atomic E-state index is 14.5. The molecule has 0 aliphatic carbocycles. The highest BCUT2D eigenvalue weighted by Gasteiger charge is 2.27. The SMILES string of the molecule is Cc1onc(-c2c(F)cccc2Cl)c1C(=O)Nc1nc(-c2ccccc2)c(-c2nccn2C)s1. The van der Waals surface area contributed by atoms with Crippen LogP contribution in [0.15, 0.2) is 65.4 Å². The fourth-order valence-electron chi connectivity index (χ4n) is 3.60. The van der Waals surface area contributed by atoms with Crippen LogP contribution in [0.4, 0.5) is 9.52 Å². The molecule has 0 spiro atoms. The quantitative estimate of drug-likeness (QED) is 0.314. The Morgan fingerprint density at radius 2 is 1.94 bits per heavy atom. The van der Waals surface area contributed by atoms with Crippen LogP contribution in [-0.4, -0.2) is 25.6 Å². The number of hydrogen-bond acceptors (Lipinski definition) is 6. The molecular weight excluding hydrogens is 477 g/mol. The molecule has 0 aliphatic heterocycles. The maximum Gasteiger partial charge on any atom is 0.263 e. The second kappa shape index (κ2) is 8.85. The van der Waals surface area contributed by atoms with Gasteiger partial charge >= 0.3 is 0 Å². The summed E-state index contributed by atoms with van der Waals surface area (Å²) in [6.07, 6.45) is 3.54. The van der Waals surface area contributed by atoms with Gasteiger partial charge < -0.3 is 9.09 Å². The van der Waals surface area contributed by atoms with E-state index in [4.69, 9.17) is 16.1 Å². The molecule has 34 heavy (non-hydrogen) atoms. The second-order valence-corrected chi connectivity index (χ2v) is 8.84. The molecular formula is C24H17ClFN5O2S. The minimum Gasteiger partial charge on any atom is -0.360 e. The molecule has 3 heterocycles. The highest BCUT2D eigenvalue weighted by Crippen LogP contribution is 2.39. The Balaban J connectivity index is 1.56. The smallest absolute Gasteiger partial charge is 0.263 e. The lowest BCUT2D eigenvalue weighted by atomic mass is 10.1. The number of aryl methyl sites for hydroxylation is 2. The topological polar surface area (TPSA) is 85.8 Å². The monoisotopic (exact) mass is 493 g/mol. The molecule has 3 aromatic heterocycles. The summed E-state index contributed by atoms with van der Waals surface area (Å²) in [6.45, 7) is 1.58. The average molecular weight is 494 g/mol. The van der Waals surface area contributed by atoms with Gasteiger partial charge in [-0.3, -0.25) is 10.1 Å². The lowest BCUT2D eigenvalue weighted by molar-refractivity contribution is 0.102. The molecule has 0 saturated carbocycles. The van der Waals surface area contributed by atoms with Crippen LogP contribution in [0.2, 0.25) is 5.02 Å². The van der Waals surface area contributed by atoms with Gasteiger partial charge in [-0.05, 0) is 19.1 Å². The molecule has 0 radical (unpaired) electrons. The number of amides is 1. The Bertz CT molecular complexity index is 1490. The number of nitrogens with zero attached hydrogens (tertiary/aromatic N) is 4. The number of benzene rings is 2. The molecule has 0 saturated heterocycles. The molecule has 0 bridgehead atoms. The van der Waals surface area contributed by atoms with Crippen molar-refractivity contribution in [2.24, 2.45) is 7.05 Å². The van der Waals surface area contributed by atoms with Gasteiger partial charge in [-0.2, -0.15) is 0 Å². The van der Waals surface area contributed by atoms with Crippen molar-refractivity contribution in [2.45, 2.75) is 6.92 Å². The molecule has 170 valence electrons. The van der Waals surface area contributed by atoms with Gasteiger partial charge in [-0.1, -0.05) is 64.5 Å². The van der Waals surface area contributed by atoms with Crippen molar-refractivity contribution in [1.29, 1.82) is 0 Å². The first-order valence-corrected chi connectivity index (χ1v) is 11.4. The minimum absolute atomic E-state index is 0.00368. The Hall–Kier alpha value is -3.82. The average Bonchev–Trinajstić information content (AvgIpc) is 3.53. The summed E-state index contributed by atoms with van der Waals surface area (Å²) >= 11 is 7.49. The largest absolute Gasteiger partial charge is 0.360 e. The number of aromatic nitrogens is 4. The summed E-state index contributed by atoms with van der Waals surface area (Å²) in [4.78, 5) is 23.2. The van der Waals surface area contributed by atoms with Crippen molar-refractivity contribution in [2.75, 3.05) is 5.32 Å². The summed E-state index contributed by atoms with van der Waals surface area (Å²) in [5.74, 6) is -0.187. The third kappa shape index (κ3) is 3.89. The van der Waals surface area contributed by atoms with Crippen molar-refractivity contribution in [1.82, 2.24) is 19.7 Å². The van der Waals surface area contributed by atoms with Crippen LogP contribution >= 0.6 is 22.9 Å². The number of imidazole rings is 1. The Morgan fingerprint density at radius 1 is 1.15 bits per heavy atom. The highest BCUT2D eigenvalue weighted by molar-refractivity contribution is 7.19. The van der Waals surface area contributed by atoms with E-state index in [1.165, 1.54) is 29.5 Å². The Morgan fingerprint density at radius 3 is 2.65 bits per heavy atom. The van der Waals surface area contributed by atoms with Gasteiger partial charge in [0, 0.05) is 25.0 Å². The fourth-order valence-corrected chi connectivity index (χ4v) is 4.87. The van der Waals surface area contributed by atoms with E-state index >= 15 is 0 Å². The second-order valence-electron chi connectivity index (χ2n) is 7.44. The van der Waals surface area contributed by atoms with E-state index in [0.717, 1.165) is 16.3 Å². The van der Waals surface area contributed by atoms with E-state index in [9.17, 15) is 9.18 Å². The molecule has 5 aromatic rings. The van der Waals surface area contributed by atoms with Crippen LogP contribution in [-0.2, 0) is 7.05 Å². The van der Waals surface area contributed by atoms with Gasteiger partial charge in [0.15, 0.2) is 11.0 Å². The summed E-state index contributed by atoms with van der Waals surface area (Å²) in [6, 6.07) is 13.9. The molecule has 0 aliphatic rings. The molecule has 2 aromatic carbocycles. The summed E-state index contributed by atoms with van der Waals surface area (Å²) in [7, 11) is 1.89. The van der Waals surface area contributed by atoms with Crippen molar-refractivity contribution >= 4 is 34.0 Å². The molecule has 5 rings (SSSR count). The van der Waals surface area contributed by atoms with E-state index < -0.39 is 11.7 Å². The van der Waals surface area contributed by atoms with Crippen LogP contribution in [0, 0.1) is 12.7 Å². The first-order chi connectivity index (χ1) is 16.4. The van der Waals surface area contributed by atoms with Crippen LogP contribution in [0.1, 0.15) is 16.1 Å². The molecule has 10 heteroatoms. The number of carbonyl (C=O) groups excluding carboxylic acids is 1. The van der Waals surface area contributed by atoms with Gasteiger partial charge in [0.05, 0.1) is 21.2 Å². The van der Waals surface area contributed by atoms with Gasteiger partial charge in [0.25, 0.3) is 5.91 Å². The molecule has 7 nitrogen and oxygen atoms in total. The number of nitrogens with one attached hydrogen (secondary N) is 1. The van der Waals surface area contributed by atoms with Crippen LogP contribution < -0.4 is 5.32 Å². The number of anilines is 1. The number of thiazole rings is 1. The predicted molar refractivity (Wildman–Crippen MR) is 129 cm³/mol. The first-order valence-electron chi connectivity index (χ1n) is 10.2. The van der Waals surface area contributed by atoms with Crippen molar-refractivity contribution in [3.8, 4) is 33.2 Å². The zero-order chi connectivity index (χ0) is 23.8. The summed E-state index contributed by atoms with van der Waals surface area (Å²) < 4.78 is 21.6. The molecule has 1 N–H and O–H groups in total. The van der Waals surface area contributed by atoms with Crippen molar-refractivity contribution in [3.05, 3.63) is 83.1 Å². The van der Waals surface area contributed by atoms with Crippen LogP contribution in [0.5, 0.6) is 0 Å². The number of carbonyl (C=O) groups is 1. The molecule has 0 atom stereocenters. The lowest BCUT2D eigenvalue weighted by Crippen LogP contribution is -2.13. The zero-order valence-electron chi connectivity index (χ0n) is 18.0. The van der Waals surface area contributed by atoms with E-state index in [0.29, 0.717) is 10.8 Å². The number of rotatable bonds is 5. The standard InChI is InChI=1S/C24H17ClFN5O2S/c1-13-17(20(30-33-13)18-15(25)9-6-10-16(18)26)23(32)29-24-28-19(14-7-4-3-5-8-14)21(34-24)22-27-11-12-31(22)2/h3-12H,1-2H3,(H,28,29,32). The van der Waals surface area contributed by atoms with E-state index in [-0.39, 0.29) is 27.6 Å². The number of halogens is 2. The van der Waals surface area contributed by atoms with Crippen LogP contribution in [0.3, 0.4) is 0 Å². The lowest BCUT2D eigenvalue weighted by Gasteiger charge is -2.05. The summed E-state index contributed by atoms with van der Waals surface area (Å²) in [5.41, 5.74) is 1.69. The maximum atomic E-state index is 14.5. The number of hydrogen-bond donors (Lipinski definition) is 1. The molecule has 0 unspecified atom stereocenters. The fraction of sp³-hybridized carbons (Fsp3) is 0.0833. The van der Waals surface area contributed by atoms with Gasteiger partial charge in [0.1, 0.15) is 22.8 Å². The van der Waals surface area contributed by atoms with E-state index in [1.54, 1.807) is 13.1 Å². The summed E-state index contributed by atoms with van der Waals surface area (Å²) in [5, 5.41) is 7.19. The zero-order valence-corrected chi connectivity index (χ0v) is 19.6. The third-order valence-corrected chi connectivity index (χ3v) is 6.49. The van der Waals surface area contributed by atoms with E-state index in [1.807, 2.05) is 48.1 Å². The molecule has 1 amide bonds. The Kier molecular flexibility index (Phi) is 5.72. The van der Waals surface area contributed by atoms with E-state index in [2.05, 4.69) is 20.4 Å². The first kappa shape index (κ1) is 22.0. The van der Waals surface area contributed by atoms with Crippen molar-refractivity contribution < 1.29 is 13.7 Å². The third-order valence-electron chi connectivity index (χ3n) is 5.21. The van der Waals surface area contributed by atoms with Gasteiger partial charge in [0.2, 0.25) is 0 Å². The highest BCUT2D eigenvalue weighted by atomic mass is 35.5.